The van der Waals surface area contributed by atoms with E-state index in [0.717, 1.165) is 18.6 Å². The Labute approximate surface area is 136 Å². The number of likely N-dealkylation sites (tertiary alicyclic amines) is 1. The Morgan fingerprint density at radius 3 is 2.70 bits per heavy atom. The van der Waals surface area contributed by atoms with Crippen molar-refractivity contribution in [3.8, 4) is 5.75 Å². The lowest BCUT2D eigenvalue weighted by atomic mass is 9.90. The predicted molar refractivity (Wildman–Crippen MR) is 85.5 cm³/mol. The third-order valence-electron chi connectivity index (χ3n) is 5.02. The molecule has 0 saturated carbocycles. The van der Waals surface area contributed by atoms with Gasteiger partial charge in [-0.2, -0.15) is 0 Å². The molecule has 5 nitrogen and oxygen atoms in total. The fraction of sp³-hybridized carbons (Fsp3) is 0.556. The van der Waals surface area contributed by atoms with E-state index < -0.39 is 11.4 Å². The van der Waals surface area contributed by atoms with Crippen molar-refractivity contribution in [2.24, 2.45) is 5.41 Å². The molecule has 5 heteroatoms. The molecule has 0 spiro atoms. The third kappa shape index (κ3) is 3.33. The van der Waals surface area contributed by atoms with E-state index in [1.54, 1.807) is 11.8 Å². The average Bonchev–Trinajstić information content (AvgIpc) is 2.96. The number of carboxylic acids is 1. The Morgan fingerprint density at radius 1 is 1.26 bits per heavy atom. The van der Waals surface area contributed by atoms with E-state index in [4.69, 9.17) is 4.74 Å². The van der Waals surface area contributed by atoms with Crippen LogP contribution in [0.5, 0.6) is 5.75 Å². The molecule has 1 aromatic rings. The van der Waals surface area contributed by atoms with Crippen LogP contribution in [0.15, 0.2) is 18.2 Å². The summed E-state index contributed by atoms with van der Waals surface area (Å²) in [6.07, 6.45) is 5.13. The van der Waals surface area contributed by atoms with E-state index in [9.17, 15) is 14.7 Å². The van der Waals surface area contributed by atoms with Crippen molar-refractivity contribution in [1.29, 1.82) is 0 Å². The summed E-state index contributed by atoms with van der Waals surface area (Å²) in [5, 5.41) is 9.22. The number of rotatable bonds is 4. The summed E-state index contributed by atoms with van der Waals surface area (Å²) in [6, 6.07) is 6.04. The Hall–Kier alpha value is -2.04. The normalized spacial score (nSPS) is 23.4. The number of benzene rings is 1. The van der Waals surface area contributed by atoms with Gasteiger partial charge in [0.05, 0.1) is 5.41 Å². The number of carbonyl (C=O) groups is 2. The van der Waals surface area contributed by atoms with Gasteiger partial charge in [-0.15, -0.1) is 0 Å². The summed E-state index contributed by atoms with van der Waals surface area (Å²) < 4.78 is 5.64. The van der Waals surface area contributed by atoms with Gasteiger partial charge in [-0.1, -0.05) is 6.07 Å². The van der Waals surface area contributed by atoms with E-state index in [-0.39, 0.29) is 19.1 Å². The van der Waals surface area contributed by atoms with Crippen LogP contribution in [0.3, 0.4) is 0 Å². The van der Waals surface area contributed by atoms with Crippen molar-refractivity contribution in [3.05, 3.63) is 29.3 Å². The molecule has 1 heterocycles. The van der Waals surface area contributed by atoms with E-state index in [1.807, 2.05) is 12.1 Å². The molecule has 1 saturated heterocycles. The fourth-order valence-electron chi connectivity index (χ4n) is 3.38. The summed E-state index contributed by atoms with van der Waals surface area (Å²) >= 11 is 0. The topological polar surface area (TPSA) is 66.8 Å². The van der Waals surface area contributed by atoms with Crippen LogP contribution in [0, 0.1) is 5.41 Å². The highest BCUT2D eigenvalue weighted by molar-refractivity contribution is 5.81. The molecule has 0 aromatic heterocycles. The van der Waals surface area contributed by atoms with Crippen molar-refractivity contribution in [3.63, 3.8) is 0 Å². The van der Waals surface area contributed by atoms with Gasteiger partial charge < -0.3 is 14.7 Å². The van der Waals surface area contributed by atoms with Gasteiger partial charge in [-0.3, -0.25) is 9.59 Å². The van der Waals surface area contributed by atoms with Crippen molar-refractivity contribution >= 4 is 11.9 Å². The number of ether oxygens (including phenoxy) is 1. The van der Waals surface area contributed by atoms with Crippen LogP contribution < -0.4 is 4.74 Å². The van der Waals surface area contributed by atoms with Gasteiger partial charge in [-0.05, 0) is 62.3 Å². The Kier molecular flexibility index (Phi) is 4.28. The first-order chi connectivity index (χ1) is 11.0. The zero-order valence-corrected chi connectivity index (χ0v) is 13.5. The van der Waals surface area contributed by atoms with Gasteiger partial charge >= 0.3 is 5.97 Å². The maximum atomic E-state index is 12.2. The molecule has 1 fully saturated rings. The number of hydrogen-bond acceptors (Lipinski definition) is 3. The van der Waals surface area contributed by atoms with E-state index in [1.165, 1.54) is 24.0 Å². The second-order valence-corrected chi connectivity index (χ2v) is 6.86. The first-order valence-corrected chi connectivity index (χ1v) is 8.24. The maximum Gasteiger partial charge on any atom is 0.311 e. The lowest BCUT2D eigenvalue weighted by Crippen LogP contribution is -2.37. The SMILES string of the molecule is CC1(C(=O)O)CCN(C(=O)COc2ccc3c(c2)CCCC3)C1. The van der Waals surface area contributed by atoms with Crippen LogP contribution >= 0.6 is 0 Å². The van der Waals surface area contributed by atoms with Crippen molar-refractivity contribution in [2.45, 2.75) is 39.0 Å². The van der Waals surface area contributed by atoms with Gasteiger partial charge in [0.25, 0.3) is 5.91 Å². The Balaban J connectivity index is 1.56. The van der Waals surface area contributed by atoms with Crippen molar-refractivity contribution in [2.75, 3.05) is 19.7 Å². The first kappa shape index (κ1) is 15.8. The minimum absolute atomic E-state index is 0.0332. The summed E-state index contributed by atoms with van der Waals surface area (Å²) in [6.45, 7) is 2.39. The molecule has 1 atom stereocenters. The molecule has 23 heavy (non-hydrogen) atoms. The largest absolute Gasteiger partial charge is 0.484 e. The van der Waals surface area contributed by atoms with Gasteiger partial charge in [0.15, 0.2) is 6.61 Å². The highest BCUT2D eigenvalue weighted by Gasteiger charge is 2.42. The molecule has 3 rings (SSSR count). The van der Waals surface area contributed by atoms with Gasteiger partial charge in [-0.25, -0.2) is 0 Å². The van der Waals surface area contributed by atoms with Crippen LogP contribution in [0.2, 0.25) is 0 Å². The van der Waals surface area contributed by atoms with Crippen LogP contribution in [0.25, 0.3) is 0 Å². The summed E-state index contributed by atoms with van der Waals surface area (Å²) in [5.74, 6) is -0.268. The summed E-state index contributed by atoms with van der Waals surface area (Å²) in [5.41, 5.74) is 1.87. The molecule has 0 bridgehead atoms. The second-order valence-electron chi connectivity index (χ2n) is 6.86. The van der Waals surface area contributed by atoms with Crippen LogP contribution in [0.4, 0.5) is 0 Å². The lowest BCUT2D eigenvalue weighted by Gasteiger charge is -2.21. The molecule has 1 aliphatic carbocycles. The zero-order chi connectivity index (χ0) is 16.4. The number of hydrogen-bond donors (Lipinski definition) is 1. The molecule has 1 N–H and O–H groups in total. The van der Waals surface area contributed by atoms with Crippen LogP contribution in [0.1, 0.15) is 37.3 Å². The van der Waals surface area contributed by atoms with Crippen molar-refractivity contribution < 1.29 is 19.4 Å². The van der Waals surface area contributed by atoms with E-state index in [0.29, 0.717) is 13.0 Å². The standard InChI is InChI=1S/C18H23NO4/c1-18(17(21)22)8-9-19(12-18)16(20)11-23-15-7-6-13-4-2-3-5-14(13)10-15/h6-7,10H,2-5,8-9,11-12H2,1H3,(H,21,22). The predicted octanol–water partition coefficient (Wildman–Crippen LogP) is 2.27. The highest BCUT2D eigenvalue weighted by atomic mass is 16.5. The third-order valence-corrected chi connectivity index (χ3v) is 5.02. The quantitative estimate of drug-likeness (QED) is 0.925. The summed E-state index contributed by atoms with van der Waals surface area (Å²) in [4.78, 5) is 25.1. The molecule has 1 aromatic carbocycles. The molecule has 1 amide bonds. The molecule has 124 valence electrons. The maximum absolute atomic E-state index is 12.2. The minimum Gasteiger partial charge on any atom is -0.484 e. The Morgan fingerprint density at radius 2 is 2.00 bits per heavy atom. The molecular weight excluding hydrogens is 294 g/mol. The molecule has 1 unspecified atom stereocenters. The fourth-order valence-corrected chi connectivity index (χ4v) is 3.38. The molecule has 0 radical (unpaired) electrons. The van der Waals surface area contributed by atoms with E-state index >= 15 is 0 Å². The highest BCUT2D eigenvalue weighted by Crippen LogP contribution is 2.30. The molecule has 2 aliphatic rings. The average molecular weight is 317 g/mol. The smallest absolute Gasteiger partial charge is 0.311 e. The zero-order valence-electron chi connectivity index (χ0n) is 13.5. The first-order valence-electron chi connectivity index (χ1n) is 8.24. The summed E-state index contributed by atoms with van der Waals surface area (Å²) in [7, 11) is 0. The number of aliphatic carboxylic acids is 1. The number of fused-ring (bicyclic) bond motifs is 1. The number of amides is 1. The number of carboxylic acid groups (broad SMARTS) is 1. The Bertz CT molecular complexity index is 627. The lowest BCUT2D eigenvalue weighted by molar-refractivity contribution is -0.147. The monoisotopic (exact) mass is 317 g/mol. The number of carbonyl (C=O) groups excluding carboxylic acids is 1. The minimum atomic E-state index is -0.844. The molecule has 1 aliphatic heterocycles. The van der Waals surface area contributed by atoms with E-state index in [2.05, 4.69) is 6.07 Å². The van der Waals surface area contributed by atoms with Gasteiger partial charge in [0.1, 0.15) is 5.75 Å². The van der Waals surface area contributed by atoms with Gasteiger partial charge in [0, 0.05) is 13.1 Å². The second kappa shape index (κ2) is 6.22. The number of nitrogens with zero attached hydrogens (tertiary/aromatic N) is 1. The number of aryl methyl sites for hydroxylation is 2. The van der Waals surface area contributed by atoms with Gasteiger partial charge in [0.2, 0.25) is 0 Å². The van der Waals surface area contributed by atoms with Crippen molar-refractivity contribution in [1.82, 2.24) is 4.90 Å². The van der Waals surface area contributed by atoms with Crippen LogP contribution in [-0.4, -0.2) is 41.6 Å². The van der Waals surface area contributed by atoms with Crippen LogP contribution in [-0.2, 0) is 22.4 Å². The molecular formula is C18H23NO4.